The summed E-state index contributed by atoms with van der Waals surface area (Å²) in [4.78, 5) is 16.5. The van der Waals surface area contributed by atoms with Gasteiger partial charge in [-0.3, -0.25) is 9.52 Å². The normalized spacial score (nSPS) is 11.0. The second-order valence-electron chi connectivity index (χ2n) is 6.12. The minimum Gasteiger partial charge on any atom is -0.322 e. The van der Waals surface area contributed by atoms with Gasteiger partial charge in [0.15, 0.2) is 0 Å². The number of benzene rings is 2. The predicted octanol–water partition coefficient (Wildman–Crippen LogP) is 3.75. The molecule has 1 aromatic heterocycles. The second-order valence-corrected chi connectivity index (χ2v) is 7.77. The van der Waals surface area contributed by atoms with Crippen LogP contribution in [-0.2, 0) is 10.0 Å². The van der Waals surface area contributed by atoms with Crippen molar-refractivity contribution in [3.8, 4) is 0 Å². The van der Waals surface area contributed by atoms with Crippen molar-refractivity contribution in [1.29, 1.82) is 0 Å². The highest BCUT2D eigenvalue weighted by molar-refractivity contribution is 7.92. The molecule has 1 heterocycles. The van der Waals surface area contributed by atoms with E-state index in [0.717, 1.165) is 5.56 Å². The Labute approximate surface area is 158 Å². The molecule has 2 N–H and O–H groups in total. The number of nitrogens with one attached hydrogen (secondary N) is 2. The van der Waals surface area contributed by atoms with Crippen molar-refractivity contribution in [3.05, 3.63) is 83.6 Å². The lowest BCUT2D eigenvalue weighted by Gasteiger charge is -2.12. The fourth-order valence-corrected chi connectivity index (χ4v) is 3.77. The molecule has 0 saturated heterocycles. The number of pyridine rings is 1. The molecule has 138 valence electrons. The molecule has 2 aromatic carbocycles. The summed E-state index contributed by atoms with van der Waals surface area (Å²) in [5.41, 5.74) is 2.51. The van der Waals surface area contributed by atoms with Crippen molar-refractivity contribution in [2.75, 3.05) is 10.0 Å². The molecular formula is C20H19N3O3S. The number of amides is 1. The molecule has 27 heavy (non-hydrogen) atoms. The Morgan fingerprint density at radius 3 is 2.37 bits per heavy atom. The maximum atomic E-state index is 12.7. The number of carbonyl (C=O) groups excluding carboxylic acids is 1. The maximum absolute atomic E-state index is 12.7. The highest BCUT2D eigenvalue weighted by Gasteiger charge is 2.20. The van der Waals surface area contributed by atoms with Crippen molar-refractivity contribution >= 4 is 27.4 Å². The van der Waals surface area contributed by atoms with E-state index in [1.807, 2.05) is 19.1 Å². The first-order valence-corrected chi connectivity index (χ1v) is 9.76. The number of sulfonamides is 1. The zero-order valence-electron chi connectivity index (χ0n) is 14.9. The molecule has 0 aliphatic rings. The Morgan fingerprint density at radius 2 is 1.70 bits per heavy atom. The lowest BCUT2D eigenvalue weighted by molar-refractivity contribution is 0.102. The van der Waals surface area contributed by atoms with Crippen molar-refractivity contribution < 1.29 is 13.2 Å². The summed E-state index contributed by atoms with van der Waals surface area (Å²) >= 11 is 0. The molecule has 3 aromatic rings. The Hall–Kier alpha value is -3.19. The summed E-state index contributed by atoms with van der Waals surface area (Å²) in [5, 5.41) is 2.77. The molecular weight excluding hydrogens is 362 g/mol. The van der Waals surface area contributed by atoms with Gasteiger partial charge in [0.05, 0.1) is 4.90 Å². The Bertz CT molecular complexity index is 1060. The van der Waals surface area contributed by atoms with E-state index in [1.54, 1.807) is 49.4 Å². The van der Waals surface area contributed by atoms with E-state index in [-0.39, 0.29) is 22.2 Å². The standard InChI is InChI=1S/C20H19N3O3S/c1-14-6-10-17(11-7-14)22-20(24)16-9-8-15(2)18(13-16)27(25,26)23-19-5-3-4-12-21-19/h3-13H,1-2H3,(H,21,23)(H,22,24). The van der Waals surface area contributed by atoms with Gasteiger partial charge in [-0.1, -0.05) is 29.8 Å². The number of aromatic nitrogens is 1. The number of aryl methyl sites for hydroxylation is 2. The molecule has 3 rings (SSSR count). The number of carbonyl (C=O) groups is 1. The van der Waals surface area contributed by atoms with Gasteiger partial charge in [-0.15, -0.1) is 0 Å². The minimum absolute atomic E-state index is 0.0321. The van der Waals surface area contributed by atoms with Crippen LogP contribution in [0.5, 0.6) is 0 Å². The summed E-state index contributed by atoms with van der Waals surface area (Å²) in [7, 11) is -3.87. The second kappa shape index (κ2) is 7.59. The molecule has 7 heteroatoms. The maximum Gasteiger partial charge on any atom is 0.263 e. The van der Waals surface area contributed by atoms with Gasteiger partial charge in [-0.05, 0) is 55.8 Å². The fourth-order valence-electron chi connectivity index (χ4n) is 2.49. The van der Waals surface area contributed by atoms with E-state index >= 15 is 0 Å². The van der Waals surface area contributed by atoms with Gasteiger partial charge in [0.2, 0.25) is 0 Å². The number of anilines is 2. The van der Waals surface area contributed by atoms with E-state index in [0.29, 0.717) is 11.3 Å². The Morgan fingerprint density at radius 1 is 0.963 bits per heavy atom. The van der Waals surface area contributed by atoms with Crippen LogP contribution in [0.15, 0.2) is 71.8 Å². The molecule has 0 radical (unpaired) electrons. The molecule has 0 bridgehead atoms. The average Bonchev–Trinajstić information content (AvgIpc) is 2.64. The van der Waals surface area contributed by atoms with Crippen LogP contribution in [0, 0.1) is 13.8 Å². The van der Waals surface area contributed by atoms with Crippen molar-refractivity contribution in [3.63, 3.8) is 0 Å². The van der Waals surface area contributed by atoms with Crippen LogP contribution < -0.4 is 10.0 Å². The lowest BCUT2D eigenvalue weighted by Crippen LogP contribution is -2.17. The van der Waals surface area contributed by atoms with Crippen LogP contribution in [0.2, 0.25) is 0 Å². The number of hydrogen-bond donors (Lipinski definition) is 2. The first-order valence-electron chi connectivity index (χ1n) is 8.28. The highest BCUT2D eigenvalue weighted by atomic mass is 32.2. The monoisotopic (exact) mass is 381 g/mol. The Balaban J connectivity index is 1.87. The summed E-state index contributed by atoms with van der Waals surface area (Å²) < 4.78 is 27.8. The number of rotatable bonds is 5. The molecule has 0 aliphatic heterocycles. The van der Waals surface area contributed by atoms with Crippen molar-refractivity contribution in [2.24, 2.45) is 0 Å². The van der Waals surface area contributed by atoms with Gasteiger partial charge in [0.1, 0.15) is 5.82 Å². The smallest absolute Gasteiger partial charge is 0.263 e. The summed E-state index contributed by atoms with van der Waals surface area (Å²) in [6.45, 7) is 3.63. The molecule has 0 saturated carbocycles. The summed E-state index contributed by atoms with van der Waals surface area (Å²) in [6, 6.07) is 16.9. The SMILES string of the molecule is Cc1ccc(NC(=O)c2ccc(C)c(S(=O)(=O)Nc3ccccn3)c2)cc1. The van der Waals surface area contributed by atoms with Crippen LogP contribution in [-0.4, -0.2) is 19.3 Å². The van der Waals surface area contributed by atoms with E-state index in [2.05, 4.69) is 15.0 Å². The first-order chi connectivity index (χ1) is 12.8. The fraction of sp³-hybridized carbons (Fsp3) is 0.100. The third kappa shape index (κ3) is 4.51. The molecule has 1 amide bonds. The van der Waals surface area contributed by atoms with E-state index in [4.69, 9.17) is 0 Å². The quantitative estimate of drug-likeness (QED) is 0.704. The zero-order valence-corrected chi connectivity index (χ0v) is 15.7. The molecule has 0 spiro atoms. The molecule has 0 aliphatic carbocycles. The number of nitrogens with zero attached hydrogens (tertiary/aromatic N) is 1. The lowest BCUT2D eigenvalue weighted by atomic mass is 10.1. The Kier molecular flexibility index (Phi) is 5.23. The predicted molar refractivity (Wildman–Crippen MR) is 105 cm³/mol. The first kappa shape index (κ1) is 18.6. The van der Waals surface area contributed by atoms with Crippen LogP contribution >= 0.6 is 0 Å². The van der Waals surface area contributed by atoms with Crippen LogP contribution in [0.3, 0.4) is 0 Å². The molecule has 0 fully saturated rings. The van der Waals surface area contributed by atoms with E-state index in [9.17, 15) is 13.2 Å². The van der Waals surface area contributed by atoms with Gasteiger partial charge in [-0.25, -0.2) is 13.4 Å². The van der Waals surface area contributed by atoms with Crippen molar-refractivity contribution in [2.45, 2.75) is 18.7 Å². The van der Waals surface area contributed by atoms with Gasteiger partial charge in [-0.2, -0.15) is 0 Å². The van der Waals surface area contributed by atoms with Gasteiger partial charge >= 0.3 is 0 Å². The van der Waals surface area contributed by atoms with Gasteiger partial charge in [0, 0.05) is 17.4 Å². The van der Waals surface area contributed by atoms with Crippen molar-refractivity contribution in [1.82, 2.24) is 4.98 Å². The summed E-state index contributed by atoms with van der Waals surface area (Å²) in [5.74, 6) is -0.167. The summed E-state index contributed by atoms with van der Waals surface area (Å²) in [6.07, 6.45) is 1.50. The third-order valence-corrected chi connectivity index (χ3v) is 5.45. The molecule has 0 atom stereocenters. The molecule has 6 nitrogen and oxygen atoms in total. The van der Waals surface area contributed by atoms with Gasteiger partial charge in [0.25, 0.3) is 15.9 Å². The largest absolute Gasteiger partial charge is 0.322 e. The van der Waals surface area contributed by atoms with Gasteiger partial charge < -0.3 is 5.32 Å². The van der Waals surface area contributed by atoms with E-state index in [1.165, 1.54) is 12.3 Å². The number of hydrogen-bond acceptors (Lipinski definition) is 4. The zero-order chi connectivity index (χ0) is 19.4. The molecule has 0 unspecified atom stereocenters. The van der Waals surface area contributed by atoms with E-state index < -0.39 is 10.0 Å². The third-order valence-electron chi connectivity index (χ3n) is 3.95. The minimum atomic E-state index is -3.87. The van der Waals surface area contributed by atoms with Crippen LogP contribution in [0.1, 0.15) is 21.5 Å². The van der Waals surface area contributed by atoms with Crippen LogP contribution in [0.25, 0.3) is 0 Å². The topological polar surface area (TPSA) is 88.2 Å². The van der Waals surface area contributed by atoms with Crippen LogP contribution in [0.4, 0.5) is 11.5 Å². The highest BCUT2D eigenvalue weighted by Crippen LogP contribution is 2.21. The average molecular weight is 381 g/mol.